The minimum Gasteiger partial charge on any atom is -0.461 e. The van der Waals surface area contributed by atoms with Crippen LogP contribution in [0, 0.1) is 5.92 Å². The average molecular weight is 638 g/mol. The number of nitrogens with zero attached hydrogens (tertiary/aromatic N) is 5. The summed E-state index contributed by atoms with van der Waals surface area (Å²) in [4.78, 5) is 16.8. The highest BCUT2D eigenvalue weighted by Gasteiger charge is 2.45. The van der Waals surface area contributed by atoms with Gasteiger partial charge in [-0.25, -0.2) is 8.42 Å². The van der Waals surface area contributed by atoms with Gasteiger partial charge < -0.3 is 14.5 Å². The molecule has 3 aromatic rings. The number of fused-ring (bicyclic) bond motifs is 3. The van der Waals surface area contributed by atoms with Gasteiger partial charge in [0.25, 0.3) is 0 Å². The Balaban J connectivity index is 1.28. The van der Waals surface area contributed by atoms with E-state index in [0.717, 1.165) is 83.9 Å². The molecule has 0 radical (unpaired) electrons. The quantitative estimate of drug-likeness (QED) is 0.244. The van der Waals surface area contributed by atoms with Gasteiger partial charge in [0.15, 0.2) is 9.84 Å². The van der Waals surface area contributed by atoms with E-state index in [1.165, 1.54) is 18.2 Å². The first-order valence-electron chi connectivity index (χ1n) is 15.9. The molecule has 10 heteroatoms. The lowest BCUT2D eigenvalue weighted by Gasteiger charge is -2.34. The maximum Gasteiger partial charge on any atom is 0.318 e. The number of sulfone groups is 1. The highest BCUT2D eigenvalue weighted by atomic mass is 35.5. The van der Waals surface area contributed by atoms with Crippen molar-refractivity contribution < 1.29 is 13.2 Å². The van der Waals surface area contributed by atoms with Gasteiger partial charge in [-0.05, 0) is 75.1 Å². The Morgan fingerprint density at radius 3 is 2.59 bits per heavy atom. The third-order valence-electron chi connectivity index (χ3n) is 9.46. The molecule has 0 unspecified atom stereocenters. The van der Waals surface area contributed by atoms with Crippen molar-refractivity contribution in [3.05, 3.63) is 64.2 Å². The molecule has 0 atom stereocenters. The summed E-state index contributed by atoms with van der Waals surface area (Å²) in [5.41, 5.74) is 3.13. The van der Waals surface area contributed by atoms with E-state index in [4.69, 9.17) is 26.3 Å². The molecular weight excluding hydrogens is 594 g/mol. The van der Waals surface area contributed by atoms with Crippen LogP contribution in [0.2, 0.25) is 5.02 Å². The second-order valence-corrected chi connectivity index (χ2v) is 15.5. The summed E-state index contributed by atoms with van der Waals surface area (Å²) in [6, 6.07) is 12.7. The van der Waals surface area contributed by atoms with Gasteiger partial charge in [-0.3, -0.25) is 4.90 Å². The number of benzene rings is 2. The summed E-state index contributed by atoms with van der Waals surface area (Å²) in [5, 5.41) is 4.25. The predicted molar refractivity (Wildman–Crippen MR) is 180 cm³/mol. The first kappa shape index (κ1) is 31.1. The van der Waals surface area contributed by atoms with E-state index in [-0.39, 0.29) is 11.3 Å². The number of ether oxygens (including phenoxy) is 1. The molecule has 6 rings (SSSR count). The molecule has 236 valence electrons. The fourth-order valence-electron chi connectivity index (χ4n) is 7.09. The summed E-state index contributed by atoms with van der Waals surface area (Å²) in [7, 11) is -1.41. The van der Waals surface area contributed by atoms with Crippen LogP contribution >= 0.6 is 11.6 Å². The van der Waals surface area contributed by atoms with E-state index in [9.17, 15) is 8.42 Å². The standard InChI is InChI=1S/C34H44ClN5O3S/c1-25(2)9-6-21-44(41,42)22-20-38(3)32-27-14-19-39(30-13-5-11-26-10-4-12-28(35)31(26)30)23-29(27)36-33(37-32)43-24-34-15-7-17-40(34)18-8-16-34/h4-6,10-13,21,25H,7-9,14-20,22-24H2,1-3H3/b21-6+. The van der Waals surface area contributed by atoms with Crippen LogP contribution in [-0.4, -0.2) is 74.4 Å². The molecule has 1 aromatic heterocycles. The average Bonchev–Trinajstić information content (AvgIpc) is 3.58. The lowest BCUT2D eigenvalue weighted by Crippen LogP contribution is -2.43. The lowest BCUT2D eigenvalue weighted by molar-refractivity contribution is 0.107. The molecule has 0 saturated carbocycles. The van der Waals surface area contributed by atoms with Crippen molar-refractivity contribution in [3.63, 3.8) is 0 Å². The van der Waals surface area contributed by atoms with Gasteiger partial charge >= 0.3 is 6.01 Å². The first-order chi connectivity index (χ1) is 21.1. The fourth-order valence-corrected chi connectivity index (χ4v) is 8.43. The third kappa shape index (κ3) is 6.56. The summed E-state index contributed by atoms with van der Waals surface area (Å²) >= 11 is 6.70. The SMILES string of the molecule is CC(C)C/C=C/S(=O)(=O)CCN(C)c1nc(OCC23CCCN2CCC3)nc2c1CCN(c1cccc3cccc(Cl)c13)C2. The number of anilines is 2. The molecule has 0 spiro atoms. The normalized spacial score (nSPS) is 18.3. The first-order valence-corrected chi connectivity index (χ1v) is 18.0. The van der Waals surface area contributed by atoms with Crippen molar-refractivity contribution >= 4 is 43.7 Å². The number of aromatic nitrogens is 2. The smallest absolute Gasteiger partial charge is 0.318 e. The largest absolute Gasteiger partial charge is 0.461 e. The lowest BCUT2D eigenvalue weighted by atomic mass is 9.95. The van der Waals surface area contributed by atoms with Crippen LogP contribution < -0.4 is 14.5 Å². The Labute approximate surface area is 267 Å². The number of hydrogen-bond donors (Lipinski definition) is 0. The highest BCUT2D eigenvalue weighted by molar-refractivity contribution is 7.94. The zero-order valence-corrected chi connectivity index (χ0v) is 27.7. The van der Waals surface area contributed by atoms with Crippen LogP contribution in [0.15, 0.2) is 47.9 Å². The number of rotatable bonds is 11. The molecule has 2 saturated heterocycles. The number of hydrogen-bond acceptors (Lipinski definition) is 8. The zero-order valence-electron chi connectivity index (χ0n) is 26.1. The molecule has 4 heterocycles. The topological polar surface area (TPSA) is 78.9 Å². The second kappa shape index (κ2) is 12.9. The molecule has 44 heavy (non-hydrogen) atoms. The monoisotopic (exact) mass is 637 g/mol. The molecule has 8 nitrogen and oxygen atoms in total. The second-order valence-electron chi connectivity index (χ2n) is 13.0. The van der Waals surface area contributed by atoms with Crippen molar-refractivity contribution in [1.82, 2.24) is 14.9 Å². The predicted octanol–water partition coefficient (Wildman–Crippen LogP) is 6.26. The molecule has 2 fully saturated rings. The molecule has 0 N–H and O–H groups in total. The Bertz CT molecular complexity index is 1630. The van der Waals surface area contributed by atoms with Gasteiger partial charge in [0.2, 0.25) is 0 Å². The van der Waals surface area contributed by atoms with Gasteiger partial charge in [0.1, 0.15) is 12.4 Å². The molecule has 0 aliphatic carbocycles. The Morgan fingerprint density at radius 2 is 1.84 bits per heavy atom. The van der Waals surface area contributed by atoms with Crippen LogP contribution in [0.25, 0.3) is 10.8 Å². The maximum absolute atomic E-state index is 12.8. The molecule has 0 bridgehead atoms. The van der Waals surface area contributed by atoms with Gasteiger partial charge in [-0.2, -0.15) is 9.97 Å². The third-order valence-corrected chi connectivity index (χ3v) is 11.1. The highest BCUT2D eigenvalue weighted by Crippen LogP contribution is 2.40. The van der Waals surface area contributed by atoms with Crippen molar-refractivity contribution in [2.24, 2.45) is 5.92 Å². The van der Waals surface area contributed by atoms with E-state index in [1.807, 2.05) is 24.1 Å². The van der Waals surface area contributed by atoms with E-state index in [2.05, 4.69) is 47.9 Å². The summed E-state index contributed by atoms with van der Waals surface area (Å²) in [5.74, 6) is 1.19. The van der Waals surface area contributed by atoms with Crippen molar-refractivity contribution in [2.45, 2.75) is 64.5 Å². The van der Waals surface area contributed by atoms with Crippen molar-refractivity contribution in [2.75, 3.05) is 55.4 Å². The Hall–Kier alpha value is -2.88. The van der Waals surface area contributed by atoms with Crippen molar-refractivity contribution in [3.8, 4) is 6.01 Å². The van der Waals surface area contributed by atoms with Crippen molar-refractivity contribution in [1.29, 1.82) is 0 Å². The van der Waals surface area contributed by atoms with Crippen LogP contribution in [0.1, 0.15) is 57.2 Å². The Kier molecular flexibility index (Phi) is 9.09. The van der Waals surface area contributed by atoms with E-state index < -0.39 is 9.84 Å². The van der Waals surface area contributed by atoms with Gasteiger partial charge in [-0.1, -0.05) is 55.8 Å². The summed E-state index contributed by atoms with van der Waals surface area (Å²) in [6.07, 6.45) is 7.92. The van der Waals surface area contributed by atoms with Gasteiger partial charge in [0.05, 0.1) is 28.6 Å². The zero-order chi connectivity index (χ0) is 30.9. The van der Waals surface area contributed by atoms with Crippen LogP contribution in [0.4, 0.5) is 11.5 Å². The van der Waals surface area contributed by atoms with E-state index in [0.29, 0.717) is 31.6 Å². The molecule has 0 amide bonds. The van der Waals surface area contributed by atoms with E-state index >= 15 is 0 Å². The Morgan fingerprint density at radius 1 is 1.09 bits per heavy atom. The van der Waals surface area contributed by atoms with E-state index in [1.54, 1.807) is 6.08 Å². The van der Waals surface area contributed by atoms with Crippen LogP contribution in [-0.2, 0) is 22.8 Å². The fraction of sp³-hybridized carbons (Fsp3) is 0.529. The molecular formula is C34H44ClN5O3S. The van der Waals surface area contributed by atoms with Gasteiger partial charge in [-0.15, -0.1) is 0 Å². The molecule has 3 aliphatic heterocycles. The minimum absolute atomic E-state index is 0.0196. The van der Waals surface area contributed by atoms with Crippen LogP contribution in [0.5, 0.6) is 6.01 Å². The summed E-state index contributed by atoms with van der Waals surface area (Å²) < 4.78 is 32.0. The molecule has 3 aliphatic rings. The summed E-state index contributed by atoms with van der Waals surface area (Å²) in [6.45, 7) is 8.69. The number of allylic oxidation sites excluding steroid dienone is 1. The molecule has 2 aromatic carbocycles. The maximum atomic E-state index is 12.8. The van der Waals surface area contributed by atoms with Crippen LogP contribution in [0.3, 0.4) is 0 Å². The number of halogens is 1. The minimum atomic E-state index is -3.34. The van der Waals surface area contributed by atoms with Gasteiger partial charge in [0, 0.05) is 42.2 Å².